The number of fused-ring (bicyclic) bond motifs is 1. The van der Waals surface area contributed by atoms with Gasteiger partial charge in [-0.15, -0.1) is 0 Å². The number of hydrogen-bond acceptors (Lipinski definition) is 3. The molecule has 0 aliphatic carbocycles. The smallest absolute Gasteiger partial charge is 0.264 e. The molecule has 1 heterocycles. The summed E-state index contributed by atoms with van der Waals surface area (Å²) in [7, 11) is -3.68. The lowest BCUT2D eigenvalue weighted by Crippen LogP contribution is -2.39. The summed E-state index contributed by atoms with van der Waals surface area (Å²) in [5.41, 5.74) is 2.54. The fourth-order valence-electron chi connectivity index (χ4n) is 3.11. The Morgan fingerprint density at radius 3 is 2.27 bits per heavy atom. The molecule has 5 heteroatoms. The van der Waals surface area contributed by atoms with E-state index < -0.39 is 10.0 Å². The fourth-order valence-corrected chi connectivity index (χ4v) is 4.58. The lowest BCUT2D eigenvalue weighted by Gasteiger charge is -2.35. The molecule has 1 aliphatic heterocycles. The summed E-state index contributed by atoms with van der Waals surface area (Å²) in [6.45, 7) is 2.17. The Labute approximate surface area is 153 Å². The number of para-hydroxylation sites is 2. The van der Waals surface area contributed by atoms with E-state index in [9.17, 15) is 8.42 Å². The fraction of sp³-hybridized carbons (Fsp3) is 0.143. The average Bonchev–Trinajstić information content (AvgIpc) is 2.68. The van der Waals surface area contributed by atoms with Crippen molar-refractivity contribution in [3.05, 3.63) is 90.0 Å². The number of hydrogen-bond donors (Lipinski definition) is 0. The molecule has 0 saturated heterocycles. The highest BCUT2D eigenvalue weighted by Gasteiger charge is 2.34. The van der Waals surface area contributed by atoms with Gasteiger partial charge in [-0.25, -0.2) is 8.42 Å². The van der Waals surface area contributed by atoms with Crippen LogP contribution >= 0.6 is 0 Å². The van der Waals surface area contributed by atoms with E-state index in [0.717, 1.165) is 11.1 Å². The highest BCUT2D eigenvalue weighted by atomic mass is 32.2. The third-order valence-corrected chi connectivity index (χ3v) is 6.31. The van der Waals surface area contributed by atoms with Gasteiger partial charge in [0.1, 0.15) is 11.9 Å². The van der Waals surface area contributed by atoms with Gasteiger partial charge in [-0.05, 0) is 36.8 Å². The number of nitrogens with zero attached hydrogens (tertiary/aromatic N) is 1. The van der Waals surface area contributed by atoms with E-state index in [1.807, 2.05) is 67.6 Å². The van der Waals surface area contributed by atoms with Crippen molar-refractivity contribution < 1.29 is 13.2 Å². The van der Waals surface area contributed by atoms with E-state index in [-0.39, 0.29) is 17.5 Å². The molecule has 0 aromatic heterocycles. The van der Waals surface area contributed by atoms with Crippen molar-refractivity contribution in [3.63, 3.8) is 0 Å². The summed E-state index contributed by atoms with van der Waals surface area (Å²) in [6, 6.07) is 23.9. The van der Waals surface area contributed by atoms with Gasteiger partial charge in [0.05, 0.1) is 17.1 Å². The molecule has 3 aromatic carbocycles. The lowest BCUT2D eigenvalue weighted by molar-refractivity contribution is 0.204. The Bertz CT molecular complexity index is 1010. The van der Waals surface area contributed by atoms with Crippen LogP contribution in [0.2, 0.25) is 0 Å². The van der Waals surface area contributed by atoms with Gasteiger partial charge in [-0.2, -0.15) is 0 Å². The van der Waals surface area contributed by atoms with Gasteiger partial charge in [-0.3, -0.25) is 4.31 Å². The first-order valence-electron chi connectivity index (χ1n) is 8.46. The molecule has 1 atom stereocenters. The van der Waals surface area contributed by atoms with Crippen molar-refractivity contribution in [1.82, 2.24) is 0 Å². The van der Waals surface area contributed by atoms with Gasteiger partial charge in [0.25, 0.3) is 10.0 Å². The SMILES string of the molecule is Cc1ccc(S(=O)(=O)N2CC(c3ccccc3)Oc3ccccc32)cc1. The summed E-state index contributed by atoms with van der Waals surface area (Å²) in [5.74, 6) is 0.572. The van der Waals surface area contributed by atoms with Crippen molar-refractivity contribution in [1.29, 1.82) is 0 Å². The Morgan fingerprint density at radius 2 is 1.54 bits per heavy atom. The Morgan fingerprint density at radius 1 is 0.885 bits per heavy atom. The first-order valence-corrected chi connectivity index (χ1v) is 9.90. The van der Waals surface area contributed by atoms with Gasteiger partial charge in [-0.1, -0.05) is 60.2 Å². The van der Waals surface area contributed by atoms with Crippen LogP contribution in [0.25, 0.3) is 0 Å². The van der Waals surface area contributed by atoms with Crippen molar-refractivity contribution >= 4 is 15.7 Å². The lowest BCUT2D eigenvalue weighted by atomic mass is 10.1. The van der Waals surface area contributed by atoms with Crippen molar-refractivity contribution in [2.45, 2.75) is 17.9 Å². The van der Waals surface area contributed by atoms with Crippen LogP contribution in [-0.2, 0) is 10.0 Å². The molecule has 0 saturated carbocycles. The first-order chi connectivity index (χ1) is 12.6. The molecule has 3 aromatic rings. The molecule has 0 radical (unpaired) electrons. The van der Waals surface area contributed by atoms with Crippen LogP contribution in [0.5, 0.6) is 5.75 Å². The molecule has 4 rings (SSSR count). The zero-order valence-electron chi connectivity index (χ0n) is 14.4. The normalized spacial score (nSPS) is 16.7. The Balaban J connectivity index is 1.80. The summed E-state index contributed by atoms with van der Waals surface area (Å²) in [5, 5.41) is 0. The molecule has 26 heavy (non-hydrogen) atoms. The van der Waals surface area contributed by atoms with Gasteiger partial charge >= 0.3 is 0 Å². The van der Waals surface area contributed by atoms with Crippen LogP contribution in [0, 0.1) is 6.92 Å². The van der Waals surface area contributed by atoms with Gasteiger partial charge in [0, 0.05) is 0 Å². The average molecular weight is 365 g/mol. The topological polar surface area (TPSA) is 46.6 Å². The highest BCUT2D eigenvalue weighted by molar-refractivity contribution is 7.92. The summed E-state index contributed by atoms with van der Waals surface area (Å²) < 4.78 is 34.2. The van der Waals surface area contributed by atoms with Crippen LogP contribution in [0.15, 0.2) is 83.8 Å². The number of aryl methyl sites for hydroxylation is 1. The van der Waals surface area contributed by atoms with Crippen LogP contribution in [0.4, 0.5) is 5.69 Å². The van der Waals surface area contributed by atoms with Crippen LogP contribution in [0.3, 0.4) is 0 Å². The second-order valence-electron chi connectivity index (χ2n) is 6.33. The van der Waals surface area contributed by atoms with Crippen LogP contribution in [-0.4, -0.2) is 15.0 Å². The largest absolute Gasteiger partial charge is 0.482 e. The molecule has 1 aliphatic rings. The maximum Gasteiger partial charge on any atom is 0.264 e. The van der Waals surface area contributed by atoms with E-state index in [1.165, 1.54) is 4.31 Å². The molecule has 0 fully saturated rings. The van der Waals surface area contributed by atoms with Gasteiger partial charge in [0.2, 0.25) is 0 Å². The van der Waals surface area contributed by atoms with Crippen LogP contribution < -0.4 is 9.04 Å². The maximum atomic E-state index is 13.3. The van der Waals surface area contributed by atoms with Crippen LogP contribution in [0.1, 0.15) is 17.2 Å². The minimum atomic E-state index is -3.68. The second-order valence-corrected chi connectivity index (χ2v) is 8.20. The van der Waals surface area contributed by atoms with Gasteiger partial charge in [0.15, 0.2) is 0 Å². The Hall–Kier alpha value is -2.79. The predicted octanol–water partition coefficient (Wildman–Crippen LogP) is 4.32. The van der Waals surface area contributed by atoms with E-state index in [0.29, 0.717) is 11.4 Å². The van der Waals surface area contributed by atoms with Crippen molar-refractivity contribution in [3.8, 4) is 5.75 Å². The number of ether oxygens (including phenoxy) is 1. The monoisotopic (exact) mass is 365 g/mol. The highest BCUT2D eigenvalue weighted by Crippen LogP contribution is 2.40. The molecular formula is C21H19NO3S. The standard InChI is InChI=1S/C21H19NO3S/c1-16-11-13-18(14-12-16)26(23,24)22-15-21(17-7-3-2-4-8-17)25-20-10-6-5-9-19(20)22/h2-14,21H,15H2,1H3. The van der Waals surface area contributed by atoms with Crippen molar-refractivity contribution in [2.24, 2.45) is 0 Å². The zero-order chi connectivity index (χ0) is 18.1. The number of benzene rings is 3. The van der Waals surface area contributed by atoms with E-state index in [4.69, 9.17) is 4.74 Å². The van der Waals surface area contributed by atoms with E-state index >= 15 is 0 Å². The molecule has 1 unspecified atom stereocenters. The first kappa shape index (κ1) is 16.7. The molecule has 0 bridgehead atoms. The second kappa shape index (κ2) is 6.50. The van der Waals surface area contributed by atoms with Crippen molar-refractivity contribution in [2.75, 3.05) is 10.8 Å². The maximum absolute atomic E-state index is 13.3. The number of rotatable bonds is 3. The third kappa shape index (κ3) is 2.95. The summed E-state index contributed by atoms with van der Waals surface area (Å²) >= 11 is 0. The predicted molar refractivity (Wildman–Crippen MR) is 102 cm³/mol. The minimum Gasteiger partial charge on any atom is -0.482 e. The molecule has 0 N–H and O–H groups in total. The molecular weight excluding hydrogens is 346 g/mol. The molecule has 4 nitrogen and oxygen atoms in total. The third-order valence-electron chi connectivity index (χ3n) is 4.52. The minimum absolute atomic E-state index is 0.233. The molecule has 0 amide bonds. The quantitative estimate of drug-likeness (QED) is 0.694. The molecule has 0 spiro atoms. The molecule has 132 valence electrons. The van der Waals surface area contributed by atoms with E-state index in [2.05, 4.69) is 0 Å². The van der Waals surface area contributed by atoms with Gasteiger partial charge < -0.3 is 4.74 Å². The number of sulfonamides is 1. The zero-order valence-corrected chi connectivity index (χ0v) is 15.2. The summed E-state index contributed by atoms with van der Waals surface area (Å²) in [6.07, 6.45) is -0.355. The van der Waals surface area contributed by atoms with E-state index in [1.54, 1.807) is 18.2 Å². The number of anilines is 1. The summed E-state index contributed by atoms with van der Waals surface area (Å²) in [4.78, 5) is 0.284. The Kier molecular flexibility index (Phi) is 4.17.